The lowest BCUT2D eigenvalue weighted by Crippen LogP contribution is -2.16. The normalized spacial score (nSPS) is 13.3. The number of hydrogen-bond acceptors (Lipinski definition) is 3. The molecular weight excluding hydrogens is 699 g/mol. The van der Waals surface area contributed by atoms with Crippen molar-refractivity contribution in [3.63, 3.8) is 0 Å². The van der Waals surface area contributed by atoms with E-state index in [9.17, 15) is 0 Å². The predicted octanol–water partition coefficient (Wildman–Crippen LogP) is 15.7. The molecule has 1 aliphatic carbocycles. The SMILES string of the molecule is CC1(C)c2ccccc2-c2ccc(N(c3ccc(-c4cccc5ccccc45)cc3)c3cccc4c3sc3ccc5oc6c7ccccc7ccc6c5c34)cc21. The van der Waals surface area contributed by atoms with Crippen LogP contribution in [0.15, 0.2) is 180 Å². The van der Waals surface area contributed by atoms with Gasteiger partial charge in [0.25, 0.3) is 0 Å². The van der Waals surface area contributed by atoms with E-state index in [4.69, 9.17) is 4.42 Å². The first kappa shape index (κ1) is 31.6. The Bertz CT molecular complexity index is 3400. The number of benzene rings is 9. The fraction of sp³-hybridized carbons (Fsp3) is 0.0566. The summed E-state index contributed by atoms with van der Waals surface area (Å²) < 4.78 is 9.18. The average molecular weight is 734 g/mol. The van der Waals surface area contributed by atoms with Crippen molar-refractivity contribution >= 4 is 92.1 Å². The molecule has 0 fully saturated rings. The Morgan fingerprint density at radius 2 is 1.16 bits per heavy atom. The van der Waals surface area contributed by atoms with Crippen molar-refractivity contribution in [1.29, 1.82) is 0 Å². The molecule has 0 amide bonds. The van der Waals surface area contributed by atoms with E-state index in [0.717, 1.165) is 33.3 Å². The van der Waals surface area contributed by atoms with Crippen LogP contribution in [-0.2, 0) is 5.41 Å². The summed E-state index contributed by atoms with van der Waals surface area (Å²) in [5.74, 6) is 0. The highest BCUT2D eigenvalue weighted by Gasteiger charge is 2.36. The van der Waals surface area contributed by atoms with E-state index >= 15 is 0 Å². The van der Waals surface area contributed by atoms with Crippen LogP contribution >= 0.6 is 11.3 Å². The van der Waals surface area contributed by atoms with Gasteiger partial charge in [0, 0.05) is 48.4 Å². The van der Waals surface area contributed by atoms with Crippen LogP contribution in [0.25, 0.3) is 85.9 Å². The second-order valence-corrected chi connectivity index (χ2v) is 16.7. The molecule has 9 aromatic carbocycles. The molecule has 264 valence electrons. The zero-order chi connectivity index (χ0) is 37.1. The number of furan rings is 1. The fourth-order valence-corrected chi connectivity index (χ4v) is 10.8. The second kappa shape index (κ2) is 11.7. The van der Waals surface area contributed by atoms with Crippen molar-refractivity contribution in [1.82, 2.24) is 0 Å². The summed E-state index contributed by atoms with van der Waals surface area (Å²) in [6.45, 7) is 4.72. The third-order valence-electron chi connectivity index (χ3n) is 12.3. The van der Waals surface area contributed by atoms with Gasteiger partial charge in [0.05, 0.1) is 10.4 Å². The highest BCUT2D eigenvalue weighted by atomic mass is 32.1. The molecule has 1 aliphatic rings. The molecule has 0 saturated carbocycles. The molecular formula is C53H35NOS. The van der Waals surface area contributed by atoms with Crippen molar-refractivity contribution in [3.05, 3.63) is 187 Å². The van der Waals surface area contributed by atoms with Crippen molar-refractivity contribution < 1.29 is 4.42 Å². The van der Waals surface area contributed by atoms with Gasteiger partial charge in [-0.3, -0.25) is 0 Å². The number of hydrogen-bond donors (Lipinski definition) is 0. The van der Waals surface area contributed by atoms with Crippen LogP contribution in [0.1, 0.15) is 25.0 Å². The van der Waals surface area contributed by atoms with Crippen LogP contribution in [-0.4, -0.2) is 0 Å². The van der Waals surface area contributed by atoms with Crippen molar-refractivity contribution in [2.24, 2.45) is 0 Å². The molecule has 2 heterocycles. The van der Waals surface area contributed by atoms with Crippen LogP contribution < -0.4 is 4.90 Å². The van der Waals surface area contributed by atoms with E-state index in [0.29, 0.717) is 0 Å². The lowest BCUT2D eigenvalue weighted by atomic mass is 9.82. The molecule has 0 bridgehead atoms. The number of fused-ring (bicyclic) bond motifs is 13. The summed E-state index contributed by atoms with van der Waals surface area (Å²) >= 11 is 1.87. The second-order valence-electron chi connectivity index (χ2n) is 15.6. The minimum Gasteiger partial charge on any atom is -0.455 e. The van der Waals surface area contributed by atoms with Crippen LogP contribution in [0.4, 0.5) is 17.1 Å². The van der Waals surface area contributed by atoms with Gasteiger partial charge in [0.1, 0.15) is 11.2 Å². The number of nitrogens with zero attached hydrogens (tertiary/aromatic N) is 1. The summed E-state index contributed by atoms with van der Waals surface area (Å²) in [4.78, 5) is 2.47. The molecule has 3 heteroatoms. The van der Waals surface area contributed by atoms with Crippen LogP contribution in [0, 0.1) is 0 Å². The molecule has 2 aromatic heterocycles. The van der Waals surface area contributed by atoms with Crippen molar-refractivity contribution in [2.75, 3.05) is 4.90 Å². The van der Waals surface area contributed by atoms with Gasteiger partial charge in [-0.1, -0.05) is 141 Å². The Morgan fingerprint density at radius 1 is 0.482 bits per heavy atom. The predicted molar refractivity (Wildman–Crippen MR) is 239 cm³/mol. The lowest BCUT2D eigenvalue weighted by Gasteiger charge is -2.28. The molecule has 0 N–H and O–H groups in total. The minimum absolute atomic E-state index is 0.117. The van der Waals surface area contributed by atoms with E-state index in [1.165, 1.54) is 80.8 Å². The maximum Gasteiger partial charge on any atom is 0.143 e. The van der Waals surface area contributed by atoms with Crippen molar-refractivity contribution in [3.8, 4) is 22.3 Å². The Hall–Kier alpha value is -6.68. The summed E-state index contributed by atoms with van der Waals surface area (Å²) in [5.41, 5.74) is 13.1. The van der Waals surface area contributed by atoms with Gasteiger partial charge < -0.3 is 9.32 Å². The van der Waals surface area contributed by atoms with E-state index in [1.54, 1.807) is 0 Å². The molecule has 56 heavy (non-hydrogen) atoms. The van der Waals surface area contributed by atoms with Gasteiger partial charge in [-0.2, -0.15) is 0 Å². The Kier molecular flexibility index (Phi) is 6.59. The standard InChI is InChI=1S/C53H35NOS/c1-53(2)44-19-8-7-16-40(44)41-28-26-36(31-45(41)53)54(35-24-21-34(22-25-35)38-17-9-13-32-11-3-5-14-37(32)38)46-20-10-18-43-50-48(56-52(43)46)30-29-47-49(50)42-27-23-33-12-4-6-15-39(33)51(42)55-47/h3-31H,1-2H3. The topological polar surface area (TPSA) is 16.4 Å². The molecule has 12 rings (SSSR count). The van der Waals surface area contributed by atoms with E-state index < -0.39 is 0 Å². The first-order valence-corrected chi connectivity index (χ1v) is 20.2. The zero-order valence-corrected chi connectivity index (χ0v) is 31.8. The first-order valence-electron chi connectivity index (χ1n) is 19.3. The monoisotopic (exact) mass is 733 g/mol. The Balaban J connectivity index is 1.09. The maximum absolute atomic E-state index is 6.67. The quantitative estimate of drug-likeness (QED) is 0.179. The van der Waals surface area contributed by atoms with E-state index in [2.05, 4.69) is 195 Å². The molecule has 0 spiro atoms. The first-order chi connectivity index (χ1) is 27.5. The van der Waals surface area contributed by atoms with Crippen molar-refractivity contribution in [2.45, 2.75) is 19.3 Å². The van der Waals surface area contributed by atoms with E-state index in [-0.39, 0.29) is 5.41 Å². The van der Waals surface area contributed by atoms with Gasteiger partial charge in [-0.05, 0) is 98.1 Å². The molecule has 0 aliphatic heterocycles. The summed E-state index contributed by atoms with van der Waals surface area (Å²) in [6.07, 6.45) is 0. The largest absolute Gasteiger partial charge is 0.455 e. The van der Waals surface area contributed by atoms with Crippen LogP contribution in [0.3, 0.4) is 0 Å². The van der Waals surface area contributed by atoms with Gasteiger partial charge in [-0.25, -0.2) is 0 Å². The molecule has 0 saturated heterocycles. The Labute approximate surface area is 328 Å². The number of anilines is 3. The molecule has 0 atom stereocenters. The smallest absolute Gasteiger partial charge is 0.143 e. The summed E-state index contributed by atoms with van der Waals surface area (Å²) in [7, 11) is 0. The minimum atomic E-state index is -0.117. The van der Waals surface area contributed by atoms with E-state index in [1.807, 2.05) is 11.3 Å². The average Bonchev–Trinajstić information content (AvgIpc) is 3.89. The number of rotatable bonds is 4. The fourth-order valence-electron chi connectivity index (χ4n) is 9.57. The van der Waals surface area contributed by atoms with Crippen LogP contribution in [0.5, 0.6) is 0 Å². The number of thiophene rings is 1. The zero-order valence-electron chi connectivity index (χ0n) is 31.0. The molecule has 0 radical (unpaired) electrons. The Morgan fingerprint density at radius 3 is 2.04 bits per heavy atom. The molecule has 11 aromatic rings. The van der Waals surface area contributed by atoms with Gasteiger partial charge in [0.2, 0.25) is 0 Å². The molecule has 2 nitrogen and oxygen atoms in total. The summed E-state index contributed by atoms with van der Waals surface area (Å²) in [6, 6.07) is 64.6. The third kappa shape index (κ3) is 4.43. The lowest BCUT2D eigenvalue weighted by molar-refractivity contribution is 0.660. The molecule has 0 unspecified atom stereocenters. The maximum atomic E-state index is 6.67. The van der Waals surface area contributed by atoms with Gasteiger partial charge >= 0.3 is 0 Å². The highest BCUT2D eigenvalue weighted by molar-refractivity contribution is 7.26. The van der Waals surface area contributed by atoms with Gasteiger partial charge in [-0.15, -0.1) is 11.3 Å². The third-order valence-corrected chi connectivity index (χ3v) is 13.5. The summed E-state index contributed by atoms with van der Waals surface area (Å²) in [5, 5.41) is 9.71. The van der Waals surface area contributed by atoms with Gasteiger partial charge in [0.15, 0.2) is 0 Å². The highest BCUT2D eigenvalue weighted by Crippen LogP contribution is 2.53. The van der Waals surface area contributed by atoms with Crippen LogP contribution in [0.2, 0.25) is 0 Å².